The smallest absolute Gasteiger partial charge is 0.191 e. The summed E-state index contributed by atoms with van der Waals surface area (Å²) < 4.78 is 0. The Bertz CT molecular complexity index is 233. The third-order valence-electron chi connectivity index (χ3n) is 2.36. The van der Waals surface area contributed by atoms with E-state index in [2.05, 4.69) is 46.7 Å². The third kappa shape index (κ3) is 3.06. The lowest BCUT2D eigenvalue weighted by atomic mass is 10.1. The minimum Gasteiger partial charge on any atom is -0.305 e. The fraction of sp³-hybridized carbons (Fsp3) is 0.889. The third-order valence-corrected chi connectivity index (χ3v) is 2.36. The Kier molecular flexibility index (Phi) is 4.52. The molecular formula is C9H19N5. The molecule has 5 heteroatoms. The van der Waals surface area contributed by atoms with Crippen LogP contribution in [-0.2, 0) is 0 Å². The van der Waals surface area contributed by atoms with Crippen molar-refractivity contribution in [3.63, 3.8) is 0 Å². The molecule has 0 aliphatic heterocycles. The summed E-state index contributed by atoms with van der Waals surface area (Å²) in [7, 11) is 0. The summed E-state index contributed by atoms with van der Waals surface area (Å²) in [5, 5.41) is 17.4. The first-order chi connectivity index (χ1) is 6.77. The monoisotopic (exact) mass is 197 g/mol. The number of nitrogens with zero attached hydrogens (tertiary/aromatic N) is 3. The molecule has 0 aliphatic carbocycles. The maximum absolute atomic E-state index is 3.95. The number of hydrogen-bond acceptors (Lipinski definition) is 4. The van der Waals surface area contributed by atoms with Gasteiger partial charge in [-0.15, -0.1) is 10.2 Å². The Hall–Kier alpha value is -0.970. The van der Waals surface area contributed by atoms with E-state index in [0.717, 1.165) is 12.2 Å². The van der Waals surface area contributed by atoms with E-state index < -0.39 is 0 Å². The molecule has 0 saturated carbocycles. The molecule has 0 bridgehead atoms. The van der Waals surface area contributed by atoms with E-state index in [9.17, 15) is 0 Å². The van der Waals surface area contributed by atoms with Crippen LogP contribution >= 0.6 is 0 Å². The van der Waals surface area contributed by atoms with Crippen LogP contribution in [0, 0.1) is 0 Å². The molecule has 0 amide bonds. The first-order valence-electron chi connectivity index (χ1n) is 5.27. The molecule has 0 aliphatic rings. The zero-order valence-corrected chi connectivity index (χ0v) is 9.12. The topological polar surface area (TPSA) is 66.5 Å². The standard InChI is InChI=1S/C9H19N5/c1-4-6-8(5-2)10-7(3)9-11-13-14-12-9/h7-8,10H,4-6H2,1-3H3,(H,11,12,13,14). The van der Waals surface area contributed by atoms with Gasteiger partial charge in [-0.25, -0.2) is 0 Å². The van der Waals surface area contributed by atoms with Crippen LogP contribution in [-0.4, -0.2) is 26.7 Å². The maximum Gasteiger partial charge on any atom is 0.191 e. The first-order valence-corrected chi connectivity index (χ1v) is 5.27. The number of H-pyrrole nitrogens is 1. The molecule has 0 radical (unpaired) electrons. The summed E-state index contributed by atoms with van der Waals surface area (Å²) in [6, 6.07) is 0.721. The molecule has 0 saturated heterocycles. The second-order valence-electron chi connectivity index (χ2n) is 3.55. The van der Waals surface area contributed by atoms with E-state index in [0.29, 0.717) is 6.04 Å². The van der Waals surface area contributed by atoms with Crippen molar-refractivity contribution in [2.24, 2.45) is 0 Å². The quantitative estimate of drug-likeness (QED) is 0.724. The van der Waals surface area contributed by atoms with Crippen LogP contribution in [0.2, 0.25) is 0 Å². The van der Waals surface area contributed by atoms with E-state index in [1.54, 1.807) is 0 Å². The van der Waals surface area contributed by atoms with Crippen molar-refractivity contribution in [3.05, 3.63) is 5.82 Å². The molecular weight excluding hydrogens is 178 g/mol. The Morgan fingerprint density at radius 2 is 2.21 bits per heavy atom. The van der Waals surface area contributed by atoms with Crippen molar-refractivity contribution in [2.75, 3.05) is 0 Å². The average Bonchev–Trinajstić information content (AvgIpc) is 2.69. The zero-order valence-electron chi connectivity index (χ0n) is 9.12. The molecule has 2 unspecified atom stereocenters. The number of rotatable bonds is 6. The minimum atomic E-state index is 0.172. The van der Waals surface area contributed by atoms with Gasteiger partial charge in [-0.2, -0.15) is 5.21 Å². The molecule has 2 atom stereocenters. The molecule has 80 valence electrons. The van der Waals surface area contributed by atoms with Gasteiger partial charge in [-0.3, -0.25) is 0 Å². The van der Waals surface area contributed by atoms with E-state index in [1.165, 1.54) is 12.8 Å². The Balaban J connectivity index is 2.42. The lowest BCUT2D eigenvalue weighted by molar-refractivity contribution is 0.407. The zero-order chi connectivity index (χ0) is 10.4. The van der Waals surface area contributed by atoms with Crippen molar-refractivity contribution in [2.45, 2.75) is 52.1 Å². The highest BCUT2D eigenvalue weighted by atomic mass is 15.5. The number of hydrogen-bond donors (Lipinski definition) is 2. The van der Waals surface area contributed by atoms with Crippen molar-refractivity contribution in [3.8, 4) is 0 Å². The Labute approximate surface area is 84.7 Å². The molecule has 14 heavy (non-hydrogen) atoms. The summed E-state index contributed by atoms with van der Waals surface area (Å²) in [4.78, 5) is 0. The fourth-order valence-electron chi connectivity index (χ4n) is 1.53. The van der Waals surface area contributed by atoms with E-state index >= 15 is 0 Å². The molecule has 0 spiro atoms. The minimum absolute atomic E-state index is 0.172. The Morgan fingerprint density at radius 3 is 2.71 bits per heavy atom. The molecule has 0 aromatic carbocycles. The number of tetrazole rings is 1. The number of aromatic amines is 1. The fourth-order valence-corrected chi connectivity index (χ4v) is 1.53. The molecule has 1 rings (SSSR count). The van der Waals surface area contributed by atoms with E-state index in [-0.39, 0.29) is 6.04 Å². The second-order valence-corrected chi connectivity index (χ2v) is 3.55. The van der Waals surface area contributed by atoms with Gasteiger partial charge < -0.3 is 5.32 Å². The van der Waals surface area contributed by atoms with Gasteiger partial charge in [0.15, 0.2) is 5.82 Å². The lowest BCUT2D eigenvalue weighted by Crippen LogP contribution is -2.31. The van der Waals surface area contributed by atoms with E-state index in [1.807, 2.05) is 0 Å². The van der Waals surface area contributed by atoms with Crippen molar-refractivity contribution in [1.29, 1.82) is 0 Å². The van der Waals surface area contributed by atoms with Gasteiger partial charge in [0.25, 0.3) is 0 Å². The Morgan fingerprint density at radius 1 is 1.43 bits per heavy atom. The SMILES string of the molecule is CCCC(CC)NC(C)c1nn[nH]n1. The summed E-state index contributed by atoms with van der Waals surface area (Å²) in [5.74, 6) is 0.736. The number of aromatic nitrogens is 4. The summed E-state index contributed by atoms with van der Waals surface area (Å²) in [5.41, 5.74) is 0. The molecule has 1 aromatic heterocycles. The predicted octanol–water partition coefficient (Wildman–Crippen LogP) is 1.43. The molecule has 2 N–H and O–H groups in total. The van der Waals surface area contributed by atoms with Crippen LogP contribution in [0.3, 0.4) is 0 Å². The van der Waals surface area contributed by atoms with Crippen molar-refractivity contribution < 1.29 is 0 Å². The summed E-state index contributed by atoms with van der Waals surface area (Å²) in [6.45, 7) is 6.45. The van der Waals surface area contributed by atoms with E-state index in [4.69, 9.17) is 0 Å². The van der Waals surface area contributed by atoms with Gasteiger partial charge in [0, 0.05) is 6.04 Å². The first kappa shape index (κ1) is 11.1. The van der Waals surface area contributed by atoms with Gasteiger partial charge in [0.2, 0.25) is 0 Å². The summed E-state index contributed by atoms with van der Waals surface area (Å²) >= 11 is 0. The second kappa shape index (κ2) is 5.70. The molecule has 1 aromatic rings. The number of nitrogens with one attached hydrogen (secondary N) is 2. The largest absolute Gasteiger partial charge is 0.305 e. The highest BCUT2D eigenvalue weighted by Crippen LogP contribution is 2.09. The lowest BCUT2D eigenvalue weighted by Gasteiger charge is -2.19. The van der Waals surface area contributed by atoms with Gasteiger partial charge >= 0.3 is 0 Å². The van der Waals surface area contributed by atoms with Crippen molar-refractivity contribution >= 4 is 0 Å². The van der Waals surface area contributed by atoms with Gasteiger partial charge in [-0.1, -0.05) is 25.5 Å². The van der Waals surface area contributed by atoms with Crippen LogP contribution in [0.15, 0.2) is 0 Å². The van der Waals surface area contributed by atoms with Gasteiger partial charge in [0.05, 0.1) is 6.04 Å². The van der Waals surface area contributed by atoms with Crippen LogP contribution in [0.1, 0.15) is 51.9 Å². The highest BCUT2D eigenvalue weighted by molar-refractivity contribution is 4.87. The van der Waals surface area contributed by atoms with Crippen molar-refractivity contribution in [1.82, 2.24) is 25.9 Å². The van der Waals surface area contributed by atoms with Crippen LogP contribution in [0.5, 0.6) is 0 Å². The predicted molar refractivity (Wildman–Crippen MR) is 54.7 cm³/mol. The summed E-state index contributed by atoms with van der Waals surface area (Å²) in [6.07, 6.45) is 3.53. The van der Waals surface area contributed by atoms with Gasteiger partial charge in [-0.05, 0) is 19.8 Å². The molecule has 5 nitrogen and oxygen atoms in total. The maximum atomic E-state index is 3.95. The molecule has 0 fully saturated rings. The van der Waals surface area contributed by atoms with Crippen LogP contribution < -0.4 is 5.32 Å². The van der Waals surface area contributed by atoms with Crippen LogP contribution in [0.25, 0.3) is 0 Å². The average molecular weight is 197 g/mol. The highest BCUT2D eigenvalue weighted by Gasteiger charge is 2.13. The van der Waals surface area contributed by atoms with Crippen LogP contribution in [0.4, 0.5) is 0 Å². The van der Waals surface area contributed by atoms with Gasteiger partial charge in [0.1, 0.15) is 0 Å². The molecule has 1 heterocycles. The normalized spacial score (nSPS) is 15.4.